The average molecular weight is 483 g/mol. The van der Waals surface area contributed by atoms with Crippen LogP contribution in [0.5, 0.6) is 5.88 Å². The first-order chi connectivity index (χ1) is 15.6. The molecule has 3 rings (SSSR count). The number of para-hydroxylation sites is 2. The van der Waals surface area contributed by atoms with Gasteiger partial charge in [-0.15, -0.1) is 0 Å². The zero-order valence-electron chi connectivity index (χ0n) is 17.4. The van der Waals surface area contributed by atoms with Gasteiger partial charge in [-0.3, -0.25) is 4.79 Å². The van der Waals surface area contributed by atoms with Gasteiger partial charge in [0.1, 0.15) is 16.4 Å². The number of rotatable bonds is 5. The fraction of sp³-hybridized carbons (Fsp3) is 0.238. The van der Waals surface area contributed by atoms with Crippen LogP contribution in [0.25, 0.3) is 0 Å². The summed E-state index contributed by atoms with van der Waals surface area (Å²) in [5.41, 5.74) is 1.37. The van der Waals surface area contributed by atoms with Gasteiger partial charge < -0.3 is 20.1 Å². The molecular formula is C21H18ClF3N4O4. The third-order valence-corrected chi connectivity index (χ3v) is 4.49. The molecule has 2 aromatic rings. The molecule has 2 N–H and O–H groups in total. The average Bonchev–Trinajstić information content (AvgIpc) is 2.87. The van der Waals surface area contributed by atoms with Crippen molar-refractivity contribution in [2.75, 3.05) is 18.5 Å². The van der Waals surface area contributed by atoms with Crippen LogP contribution in [0.1, 0.15) is 24.2 Å². The molecule has 0 radical (unpaired) electrons. The number of aromatic nitrogens is 1. The summed E-state index contributed by atoms with van der Waals surface area (Å²) in [7, 11) is 0. The summed E-state index contributed by atoms with van der Waals surface area (Å²) >= 11 is 5.92. The van der Waals surface area contributed by atoms with Crippen molar-refractivity contribution in [1.29, 1.82) is 0 Å². The van der Waals surface area contributed by atoms with Gasteiger partial charge in [-0.25, -0.2) is 14.8 Å². The van der Waals surface area contributed by atoms with Gasteiger partial charge in [0.15, 0.2) is 6.61 Å². The molecule has 0 bridgehead atoms. The highest BCUT2D eigenvalue weighted by Gasteiger charge is 2.30. The van der Waals surface area contributed by atoms with Crippen molar-refractivity contribution in [2.45, 2.75) is 20.0 Å². The number of anilines is 1. The molecule has 174 valence electrons. The Morgan fingerprint density at radius 3 is 2.64 bits per heavy atom. The molecule has 0 fully saturated rings. The van der Waals surface area contributed by atoms with Crippen LogP contribution in [0.15, 0.2) is 52.8 Å². The maximum atomic E-state index is 12.8. The van der Waals surface area contributed by atoms with Crippen molar-refractivity contribution >= 4 is 40.7 Å². The zero-order chi connectivity index (χ0) is 24.2. The molecule has 0 saturated carbocycles. The topological polar surface area (TPSA) is 102 Å². The molecule has 0 unspecified atom stereocenters. The fourth-order valence-electron chi connectivity index (χ4n) is 2.82. The number of ether oxygens (including phenoxy) is 2. The normalized spacial score (nSPS) is 13.3. The Balaban J connectivity index is 1.91. The molecule has 2 heterocycles. The summed E-state index contributed by atoms with van der Waals surface area (Å²) in [5, 5.41) is 5.31. The largest absolute Gasteiger partial charge is 0.467 e. The molecule has 0 saturated heterocycles. The minimum atomic E-state index is -4.57. The third-order valence-electron chi connectivity index (χ3n) is 4.22. The van der Waals surface area contributed by atoms with E-state index in [1.54, 1.807) is 38.1 Å². The molecule has 0 spiro atoms. The number of carbonyl (C=O) groups is 2. The highest BCUT2D eigenvalue weighted by Crippen LogP contribution is 2.30. The molecule has 0 atom stereocenters. The number of esters is 1. The number of alkyl halides is 3. The molecule has 1 amide bonds. The van der Waals surface area contributed by atoms with E-state index in [4.69, 9.17) is 16.3 Å². The number of allylic oxidation sites excluding steroid dienone is 1. The van der Waals surface area contributed by atoms with E-state index in [9.17, 15) is 22.8 Å². The highest BCUT2D eigenvalue weighted by molar-refractivity contribution is 6.32. The summed E-state index contributed by atoms with van der Waals surface area (Å²) in [6.45, 7) is 1.78. The Morgan fingerprint density at radius 1 is 1.24 bits per heavy atom. The van der Waals surface area contributed by atoms with Crippen molar-refractivity contribution in [3.63, 3.8) is 0 Å². The minimum Gasteiger partial charge on any atom is -0.467 e. The van der Waals surface area contributed by atoms with E-state index in [0.717, 1.165) is 12.3 Å². The Kier molecular flexibility index (Phi) is 7.22. The number of carbonyl (C=O) groups excluding carboxylic acids is 2. The molecule has 1 aromatic heterocycles. The number of pyridine rings is 1. The SMILES string of the molecule is CCOC(=O)C1=C(C)Nc2ccccc2N=C1NC(=O)c1cnc(OCC(F)(F)F)c(Cl)c1. The number of fused-ring (bicyclic) bond motifs is 1. The van der Waals surface area contributed by atoms with Gasteiger partial charge in [0.2, 0.25) is 5.88 Å². The second-order valence-electron chi connectivity index (χ2n) is 6.69. The first-order valence-corrected chi connectivity index (χ1v) is 9.96. The Morgan fingerprint density at radius 2 is 1.97 bits per heavy atom. The predicted octanol–water partition coefficient (Wildman–Crippen LogP) is 4.40. The molecule has 1 aliphatic rings. The summed E-state index contributed by atoms with van der Waals surface area (Å²) in [6.07, 6.45) is -3.58. The van der Waals surface area contributed by atoms with E-state index >= 15 is 0 Å². The van der Waals surface area contributed by atoms with Crippen molar-refractivity contribution in [3.05, 3.63) is 58.4 Å². The van der Waals surface area contributed by atoms with Crippen LogP contribution in [0.2, 0.25) is 5.02 Å². The number of nitrogens with zero attached hydrogens (tertiary/aromatic N) is 2. The van der Waals surface area contributed by atoms with Gasteiger partial charge in [-0.1, -0.05) is 23.7 Å². The van der Waals surface area contributed by atoms with E-state index in [-0.39, 0.29) is 28.6 Å². The second kappa shape index (κ2) is 9.90. The quantitative estimate of drug-likeness (QED) is 0.612. The summed E-state index contributed by atoms with van der Waals surface area (Å²) in [5.74, 6) is -2.01. The number of hydrogen-bond donors (Lipinski definition) is 2. The number of halogens is 4. The van der Waals surface area contributed by atoms with E-state index in [1.807, 2.05) is 0 Å². The van der Waals surface area contributed by atoms with Gasteiger partial charge in [-0.05, 0) is 32.0 Å². The van der Waals surface area contributed by atoms with Gasteiger partial charge in [0, 0.05) is 11.9 Å². The van der Waals surface area contributed by atoms with Crippen LogP contribution < -0.4 is 15.4 Å². The van der Waals surface area contributed by atoms with Crippen molar-refractivity contribution in [2.24, 2.45) is 4.99 Å². The Bertz CT molecular complexity index is 1150. The van der Waals surface area contributed by atoms with Crippen molar-refractivity contribution in [3.8, 4) is 5.88 Å². The smallest absolute Gasteiger partial charge is 0.422 e. The van der Waals surface area contributed by atoms with Crippen molar-refractivity contribution in [1.82, 2.24) is 10.3 Å². The number of amides is 1. The van der Waals surface area contributed by atoms with Gasteiger partial charge in [0.25, 0.3) is 5.91 Å². The lowest BCUT2D eigenvalue weighted by atomic mass is 10.1. The standard InChI is InChI=1S/C21H18ClF3N4O4/c1-3-32-20(31)16-11(2)27-14-6-4-5-7-15(14)28-17(16)29-18(30)12-8-13(22)19(26-9-12)33-10-21(23,24)25/h4-9,27H,3,10H2,1-2H3,(H,28,29,30). The monoisotopic (exact) mass is 482 g/mol. The second-order valence-corrected chi connectivity index (χ2v) is 7.10. The zero-order valence-corrected chi connectivity index (χ0v) is 18.2. The van der Waals surface area contributed by atoms with Crippen molar-refractivity contribution < 1.29 is 32.2 Å². The summed E-state index contributed by atoms with van der Waals surface area (Å²) < 4.78 is 46.7. The molecule has 33 heavy (non-hydrogen) atoms. The summed E-state index contributed by atoms with van der Waals surface area (Å²) in [6, 6.07) is 8.04. The number of benzene rings is 1. The Hall–Kier alpha value is -3.60. The first-order valence-electron chi connectivity index (χ1n) is 9.58. The minimum absolute atomic E-state index is 0.00517. The Labute approximate surface area is 191 Å². The molecule has 1 aliphatic heterocycles. The first kappa shape index (κ1) is 24.1. The number of amidine groups is 1. The maximum absolute atomic E-state index is 12.8. The molecule has 8 nitrogen and oxygen atoms in total. The fourth-order valence-corrected chi connectivity index (χ4v) is 3.05. The van der Waals surface area contributed by atoms with E-state index in [1.165, 1.54) is 0 Å². The number of nitrogens with one attached hydrogen (secondary N) is 2. The molecule has 12 heteroatoms. The predicted molar refractivity (Wildman–Crippen MR) is 115 cm³/mol. The third kappa shape index (κ3) is 6.01. The van der Waals surface area contributed by atoms with E-state index < -0.39 is 30.5 Å². The van der Waals surface area contributed by atoms with Crippen LogP contribution in [0.3, 0.4) is 0 Å². The van der Waals surface area contributed by atoms with Crippen LogP contribution in [-0.4, -0.2) is 42.1 Å². The van der Waals surface area contributed by atoms with Crippen LogP contribution in [-0.2, 0) is 9.53 Å². The lowest BCUT2D eigenvalue weighted by molar-refractivity contribution is -0.154. The van der Waals surface area contributed by atoms with E-state index in [2.05, 4.69) is 25.3 Å². The van der Waals surface area contributed by atoms with E-state index in [0.29, 0.717) is 17.1 Å². The number of aliphatic imine (C=N–C) groups is 1. The highest BCUT2D eigenvalue weighted by atomic mass is 35.5. The lowest BCUT2D eigenvalue weighted by Crippen LogP contribution is -2.35. The lowest BCUT2D eigenvalue weighted by Gasteiger charge is -2.14. The molecule has 0 aliphatic carbocycles. The van der Waals surface area contributed by atoms with Crippen LogP contribution in [0, 0.1) is 0 Å². The van der Waals surface area contributed by atoms with Gasteiger partial charge >= 0.3 is 12.1 Å². The van der Waals surface area contributed by atoms with Crippen LogP contribution >= 0.6 is 11.6 Å². The molecule has 1 aromatic carbocycles. The van der Waals surface area contributed by atoms with Gasteiger partial charge in [-0.2, -0.15) is 13.2 Å². The van der Waals surface area contributed by atoms with Crippen LogP contribution in [0.4, 0.5) is 24.5 Å². The van der Waals surface area contributed by atoms with Gasteiger partial charge in [0.05, 0.1) is 23.5 Å². The summed E-state index contributed by atoms with van der Waals surface area (Å²) in [4.78, 5) is 33.5. The molecular weight excluding hydrogens is 465 g/mol. The maximum Gasteiger partial charge on any atom is 0.422 e. The number of hydrogen-bond acceptors (Lipinski definition) is 7.